The normalized spacial score (nSPS) is 49.2. The molecule has 0 aromatic rings. The predicted octanol–water partition coefficient (Wildman–Crippen LogP) is 1.24. The van der Waals surface area contributed by atoms with Crippen LogP contribution in [0.3, 0.4) is 0 Å². The van der Waals surface area contributed by atoms with Crippen LogP contribution in [0.1, 0.15) is 26.7 Å². The first kappa shape index (κ1) is 7.32. The molecule has 1 fully saturated rings. The number of fused-ring (bicyclic) bond motifs is 1. The Balaban J connectivity index is 2.24. The molecule has 1 aliphatic carbocycles. The van der Waals surface area contributed by atoms with E-state index in [4.69, 9.17) is 4.74 Å². The Labute approximate surface area is 66.9 Å². The van der Waals surface area contributed by atoms with E-state index in [1.54, 1.807) is 0 Å². The number of rotatable bonds is 0. The summed E-state index contributed by atoms with van der Waals surface area (Å²) in [5.41, 5.74) is 0.626. The average Bonchev–Trinajstić information content (AvgIpc) is 2.32. The first-order chi connectivity index (χ1) is 5.12. The van der Waals surface area contributed by atoms with Crippen molar-refractivity contribution in [3.8, 4) is 0 Å². The smallest absolute Gasteiger partial charge is 0.108 e. The van der Waals surface area contributed by atoms with Crippen molar-refractivity contribution in [1.82, 2.24) is 0 Å². The minimum Gasteiger partial charge on any atom is -0.386 e. The van der Waals surface area contributed by atoms with E-state index in [1.807, 2.05) is 13.8 Å². The third kappa shape index (κ3) is 0.932. The molecule has 2 nitrogen and oxygen atoms in total. The van der Waals surface area contributed by atoms with Crippen molar-refractivity contribution in [2.24, 2.45) is 0 Å². The average molecular weight is 154 g/mol. The number of aliphatic hydroxyl groups is 1. The first-order valence-corrected chi connectivity index (χ1v) is 4.16. The van der Waals surface area contributed by atoms with Crippen LogP contribution in [0.25, 0.3) is 0 Å². The monoisotopic (exact) mass is 154 g/mol. The predicted molar refractivity (Wildman–Crippen MR) is 42.3 cm³/mol. The Kier molecular flexibility index (Phi) is 1.38. The summed E-state index contributed by atoms with van der Waals surface area (Å²) >= 11 is 0. The van der Waals surface area contributed by atoms with Gasteiger partial charge in [-0.2, -0.15) is 0 Å². The molecule has 1 aliphatic heterocycles. The summed E-state index contributed by atoms with van der Waals surface area (Å²) in [5.74, 6) is 0. The zero-order valence-electron chi connectivity index (χ0n) is 7.00. The van der Waals surface area contributed by atoms with E-state index in [9.17, 15) is 5.11 Å². The van der Waals surface area contributed by atoms with Gasteiger partial charge in [-0.05, 0) is 25.8 Å². The lowest BCUT2D eigenvalue weighted by molar-refractivity contribution is -0.0130. The van der Waals surface area contributed by atoms with Crippen LogP contribution in [0, 0.1) is 0 Å². The van der Waals surface area contributed by atoms with Gasteiger partial charge in [-0.15, -0.1) is 0 Å². The van der Waals surface area contributed by atoms with E-state index >= 15 is 0 Å². The standard InChI is InChI=1S/C9H14O2/c1-6-3-4-9(10)5-7(2)11-8(6)9/h3,7-8,10H,4-5H2,1-2H3/t7-,8+,9-/m0/s1. The molecule has 0 saturated carbocycles. The van der Waals surface area contributed by atoms with E-state index < -0.39 is 5.60 Å². The molecular formula is C9H14O2. The topological polar surface area (TPSA) is 29.5 Å². The highest BCUT2D eigenvalue weighted by molar-refractivity contribution is 5.23. The van der Waals surface area contributed by atoms with Gasteiger partial charge in [-0.1, -0.05) is 6.08 Å². The zero-order chi connectivity index (χ0) is 8.06. The van der Waals surface area contributed by atoms with E-state index in [2.05, 4.69) is 6.08 Å². The van der Waals surface area contributed by atoms with Gasteiger partial charge in [0, 0.05) is 6.42 Å². The highest BCUT2D eigenvalue weighted by atomic mass is 16.5. The summed E-state index contributed by atoms with van der Waals surface area (Å²) in [7, 11) is 0. The second-order valence-corrected chi connectivity index (χ2v) is 3.79. The molecule has 62 valence electrons. The van der Waals surface area contributed by atoms with Crippen molar-refractivity contribution in [3.05, 3.63) is 11.6 Å². The molecule has 0 bridgehead atoms. The second-order valence-electron chi connectivity index (χ2n) is 3.79. The highest BCUT2D eigenvalue weighted by Crippen LogP contribution is 2.41. The maximum atomic E-state index is 9.99. The van der Waals surface area contributed by atoms with Gasteiger partial charge in [0.1, 0.15) is 11.7 Å². The molecular weight excluding hydrogens is 140 g/mol. The third-order valence-electron chi connectivity index (χ3n) is 2.69. The van der Waals surface area contributed by atoms with E-state index in [-0.39, 0.29) is 12.2 Å². The SMILES string of the molecule is CC1=CC[C@]2(O)C[C@H](C)O[C@H]12. The molecule has 0 aromatic heterocycles. The van der Waals surface area contributed by atoms with Crippen molar-refractivity contribution in [3.63, 3.8) is 0 Å². The third-order valence-corrected chi connectivity index (χ3v) is 2.69. The van der Waals surface area contributed by atoms with Gasteiger partial charge >= 0.3 is 0 Å². The van der Waals surface area contributed by atoms with Crippen LogP contribution in [-0.2, 0) is 4.74 Å². The molecule has 0 amide bonds. The molecule has 0 spiro atoms. The van der Waals surface area contributed by atoms with Crippen molar-refractivity contribution < 1.29 is 9.84 Å². The summed E-state index contributed by atoms with van der Waals surface area (Å²) in [4.78, 5) is 0. The van der Waals surface area contributed by atoms with Crippen molar-refractivity contribution in [2.75, 3.05) is 0 Å². The maximum absolute atomic E-state index is 9.99. The molecule has 11 heavy (non-hydrogen) atoms. The Morgan fingerprint density at radius 1 is 1.73 bits per heavy atom. The molecule has 2 aliphatic rings. The highest BCUT2D eigenvalue weighted by Gasteiger charge is 2.48. The van der Waals surface area contributed by atoms with Gasteiger partial charge in [-0.25, -0.2) is 0 Å². The molecule has 3 atom stereocenters. The second kappa shape index (κ2) is 2.08. The molecule has 1 heterocycles. The van der Waals surface area contributed by atoms with Crippen LogP contribution in [0.5, 0.6) is 0 Å². The molecule has 0 aromatic carbocycles. The van der Waals surface area contributed by atoms with E-state index in [1.165, 1.54) is 5.57 Å². The summed E-state index contributed by atoms with van der Waals surface area (Å²) in [6.45, 7) is 4.05. The summed E-state index contributed by atoms with van der Waals surface area (Å²) in [6.07, 6.45) is 3.83. The Morgan fingerprint density at radius 3 is 3.09 bits per heavy atom. The molecule has 0 unspecified atom stereocenters. The fraction of sp³-hybridized carbons (Fsp3) is 0.778. The van der Waals surface area contributed by atoms with Gasteiger partial charge in [0.2, 0.25) is 0 Å². The lowest BCUT2D eigenvalue weighted by atomic mass is 9.94. The van der Waals surface area contributed by atoms with Crippen molar-refractivity contribution >= 4 is 0 Å². The minimum absolute atomic E-state index is 0.0162. The maximum Gasteiger partial charge on any atom is 0.108 e. The van der Waals surface area contributed by atoms with Crippen LogP contribution in [0.15, 0.2) is 11.6 Å². The number of hydrogen-bond donors (Lipinski definition) is 1. The number of hydrogen-bond acceptors (Lipinski definition) is 2. The lowest BCUT2D eigenvalue weighted by Gasteiger charge is -2.21. The molecule has 1 saturated heterocycles. The fourth-order valence-electron chi connectivity index (χ4n) is 2.18. The largest absolute Gasteiger partial charge is 0.386 e. The molecule has 2 heteroatoms. The zero-order valence-corrected chi connectivity index (χ0v) is 7.00. The summed E-state index contributed by atoms with van der Waals surface area (Å²) in [5, 5.41) is 9.99. The Bertz CT molecular complexity index is 210. The summed E-state index contributed by atoms with van der Waals surface area (Å²) < 4.78 is 5.58. The van der Waals surface area contributed by atoms with Gasteiger partial charge in [0.25, 0.3) is 0 Å². The first-order valence-electron chi connectivity index (χ1n) is 4.16. The van der Waals surface area contributed by atoms with Crippen LogP contribution in [0.2, 0.25) is 0 Å². The van der Waals surface area contributed by atoms with Crippen LogP contribution in [-0.4, -0.2) is 22.9 Å². The van der Waals surface area contributed by atoms with Gasteiger partial charge in [0.15, 0.2) is 0 Å². The van der Waals surface area contributed by atoms with E-state index in [0.717, 1.165) is 12.8 Å². The fourth-order valence-corrected chi connectivity index (χ4v) is 2.18. The van der Waals surface area contributed by atoms with Crippen molar-refractivity contribution in [1.29, 1.82) is 0 Å². The van der Waals surface area contributed by atoms with E-state index in [0.29, 0.717) is 0 Å². The minimum atomic E-state index is -0.566. The van der Waals surface area contributed by atoms with Crippen molar-refractivity contribution in [2.45, 2.75) is 44.5 Å². The number of ether oxygens (including phenoxy) is 1. The quantitative estimate of drug-likeness (QED) is 0.532. The van der Waals surface area contributed by atoms with Crippen LogP contribution < -0.4 is 0 Å². The van der Waals surface area contributed by atoms with Gasteiger partial charge < -0.3 is 9.84 Å². The van der Waals surface area contributed by atoms with Gasteiger partial charge in [0.05, 0.1) is 6.10 Å². The molecule has 0 radical (unpaired) electrons. The lowest BCUT2D eigenvalue weighted by Crippen LogP contribution is -2.34. The molecule has 2 rings (SSSR count). The Morgan fingerprint density at radius 2 is 2.45 bits per heavy atom. The molecule has 1 N–H and O–H groups in total. The Hall–Kier alpha value is -0.340. The van der Waals surface area contributed by atoms with Crippen LogP contribution in [0.4, 0.5) is 0 Å². The summed E-state index contributed by atoms with van der Waals surface area (Å²) in [6, 6.07) is 0. The van der Waals surface area contributed by atoms with Crippen LogP contribution >= 0.6 is 0 Å². The van der Waals surface area contributed by atoms with Gasteiger partial charge in [-0.3, -0.25) is 0 Å².